The summed E-state index contributed by atoms with van der Waals surface area (Å²) in [6.07, 6.45) is -0.414. The van der Waals surface area contributed by atoms with E-state index in [1.807, 2.05) is 0 Å². The van der Waals surface area contributed by atoms with Crippen LogP contribution < -0.4 is 0 Å². The number of β-lactam (4-membered cyclic amide) rings is 1. The highest BCUT2D eigenvalue weighted by atomic mass is 19.1. The van der Waals surface area contributed by atoms with Crippen molar-refractivity contribution >= 4 is 12.0 Å². The lowest BCUT2D eigenvalue weighted by molar-refractivity contribution is -0.144. The number of nitrogens with zero attached hydrogens (tertiary/aromatic N) is 1. The lowest BCUT2D eigenvalue weighted by atomic mass is 9.94. The summed E-state index contributed by atoms with van der Waals surface area (Å²) in [5, 5.41) is 0. The number of hydrogen-bond donors (Lipinski definition) is 0. The molecule has 2 rings (SSSR count). The molecule has 0 spiro atoms. The van der Waals surface area contributed by atoms with Gasteiger partial charge in [-0.2, -0.15) is 0 Å². The van der Waals surface area contributed by atoms with Gasteiger partial charge in [0.2, 0.25) is 5.91 Å². The van der Waals surface area contributed by atoms with Crippen molar-refractivity contribution in [1.29, 1.82) is 0 Å². The molecular formula is C14H16FNO3. The van der Waals surface area contributed by atoms with Gasteiger partial charge in [0.15, 0.2) is 0 Å². The predicted molar refractivity (Wildman–Crippen MR) is 66.8 cm³/mol. The molecule has 4 nitrogen and oxygen atoms in total. The Hall–Kier alpha value is -1.91. The van der Waals surface area contributed by atoms with E-state index in [9.17, 15) is 14.0 Å². The Kier molecular flexibility index (Phi) is 3.30. The van der Waals surface area contributed by atoms with Gasteiger partial charge in [0.1, 0.15) is 11.4 Å². The van der Waals surface area contributed by atoms with Gasteiger partial charge >= 0.3 is 6.09 Å². The van der Waals surface area contributed by atoms with Crippen LogP contribution in [-0.2, 0) is 9.53 Å². The second kappa shape index (κ2) is 4.64. The molecule has 102 valence electrons. The first-order valence-electron chi connectivity index (χ1n) is 6.08. The molecule has 0 radical (unpaired) electrons. The number of hydrogen-bond acceptors (Lipinski definition) is 3. The topological polar surface area (TPSA) is 46.6 Å². The molecule has 0 bridgehead atoms. The van der Waals surface area contributed by atoms with E-state index >= 15 is 0 Å². The zero-order valence-corrected chi connectivity index (χ0v) is 11.1. The van der Waals surface area contributed by atoms with Crippen LogP contribution in [0.4, 0.5) is 9.18 Å². The lowest BCUT2D eigenvalue weighted by Gasteiger charge is -2.39. The number of carbonyl (C=O) groups is 2. The SMILES string of the molecule is CC(C)(C)OC(=O)N1C(=O)C[C@@H]1c1ccc(F)cc1. The zero-order chi connectivity index (χ0) is 14.2. The molecule has 1 saturated heterocycles. The number of rotatable bonds is 1. The third kappa shape index (κ3) is 2.92. The molecule has 0 aromatic heterocycles. The summed E-state index contributed by atoms with van der Waals surface area (Å²) >= 11 is 0. The van der Waals surface area contributed by atoms with Crippen LogP contribution in [0.15, 0.2) is 24.3 Å². The third-order valence-electron chi connectivity index (χ3n) is 2.79. The van der Waals surface area contributed by atoms with Crippen molar-refractivity contribution in [1.82, 2.24) is 4.90 Å². The number of likely N-dealkylation sites (tertiary alicyclic amines) is 1. The molecule has 5 heteroatoms. The second-order valence-electron chi connectivity index (χ2n) is 5.52. The Bertz CT molecular complexity index is 504. The number of halogens is 1. The minimum Gasteiger partial charge on any atom is -0.443 e. The predicted octanol–water partition coefficient (Wildman–Crippen LogP) is 3.03. The average molecular weight is 265 g/mol. The minimum absolute atomic E-state index is 0.241. The van der Waals surface area contributed by atoms with E-state index in [0.717, 1.165) is 10.5 Å². The molecule has 1 aromatic rings. The Labute approximate surface area is 111 Å². The molecular weight excluding hydrogens is 249 g/mol. The fourth-order valence-electron chi connectivity index (χ4n) is 1.91. The van der Waals surface area contributed by atoms with Gasteiger partial charge in [-0.1, -0.05) is 12.1 Å². The Morgan fingerprint density at radius 1 is 1.32 bits per heavy atom. The van der Waals surface area contributed by atoms with Crippen LogP contribution in [0.25, 0.3) is 0 Å². The maximum absolute atomic E-state index is 12.9. The summed E-state index contributed by atoms with van der Waals surface area (Å²) in [4.78, 5) is 24.6. The summed E-state index contributed by atoms with van der Waals surface area (Å²) in [5.74, 6) is -0.623. The fourth-order valence-corrected chi connectivity index (χ4v) is 1.91. The summed E-state index contributed by atoms with van der Waals surface area (Å²) in [6, 6.07) is 5.41. The third-order valence-corrected chi connectivity index (χ3v) is 2.79. The Balaban J connectivity index is 2.13. The van der Waals surface area contributed by atoms with Crippen molar-refractivity contribution in [2.24, 2.45) is 0 Å². The number of amides is 2. The van der Waals surface area contributed by atoms with Crippen LogP contribution in [0, 0.1) is 5.82 Å². The maximum atomic E-state index is 12.9. The van der Waals surface area contributed by atoms with Gasteiger partial charge in [-0.05, 0) is 38.5 Å². The van der Waals surface area contributed by atoms with Crippen LogP contribution in [0.1, 0.15) is 38.8 Å². The highest BCUT2D eigenvalue weighted by Crippen LogP contribution is 2.35. The van der Waals surface area contributed by atoms with Gasteiger partial charge in [0.25, 0.3) is 0 Å². The zero-order valence-electron chi connectivity index (χ0n) is 11.1. The van der Waals surface area contributed by atoms with E-state index in [4.69, 9.17) is 4.74 Å². The maximum Gasteiger partial charge on any atom is 0.417 e. The molecule has 0 unspecified atom stereocenters. The van der Waals surface area contributed by atoms with E-state index in [-0.39, 0.29) is 24.2 Å². The van der Waals surface area contributed by atoms with Crippen molar-refractivity contribution in [2.45, 2.75) is 38.8 Å². The van der Waals surface area contributed by atoms with Crippen LogP contribution >= 0.6 is 0 Å². The van der Waals surface area contributed by atoms with Gasteiger partial charge in [-0.25, -0.2) is 14.1 Å². The van der Waals surface area contributed by atoms with Crippen molar-refractivity contribution in [2.75, 3.05) is 0 Å². The first-order chi connectivity index (χ1) is 8.78. The van der Waals surface area contributed by atoms with Gasteiger partial charge in [0, 0.05) is 0 Å². The first-order valence-corrected chi connectivity index (χ1v) is 6.08. The molecule has 1 fully saturated rings. The first kappa shape index (κ1) is 13.5. The van der Waals surface area contributed by atoms with E-state index in [0.29, 0.717) is 0 Å². The molecule has 0 saturated carbocycles. The lowest BCUT2D eigenvalue weighted by Crippen LogP contribution is -2.51. The molecule has 2 amide bonds. The summed E-state index contributed by atoms with van der Waals surface area (Å²) in [7, 11) is 0. The molecule has 1 aromatic carbocycles. The molecule has 1 aliphatic heterocycles. The molecule has 1 heterocycles. The van der Waals surface area contributed by atoms with Gasteiger partial charge in [-0.3, -0.25) is 4.79 Å². The monoisotopic (exact) mass is 265 g/mol. The van der Waals surface area contributed by atoms with Crippen LogP contribution in [-0.4, -0.2) is 22.5 Å². The van der Waals surface area contributed by atoms with Gasteiger partial charge < -0.3 is 4.74 Å². The van der Waals surface area contributed by atoms with Crippen LogP contribution in [0.2, 0.25) is 0 Å². The number of carbonyl (C=O) groups excluding carboxylic acids is 2. The largest absolute Gasteiger partial charge is 0.443 e. The molecule has 0 aliphatic carbocycles. The van der Waals surface area contributed by atoms with Crippen molar-refractivity contribution in [3.8, 4) is 0 Å². The van der Waals surface area contributed by atoms with E-state index in [1.165, 1.54) is 12.1 Å². The Morgan fingerprint density at radius 2 is 1.89 bits per heavy atom. The number of imide groups is 1. The molecule has 1 aliphatic rings. The quantitative estimate of drug-likeness (QED) is 0.733. The van der Waals surface area contributed by atoms with E-state index < -0.39 is 11.7 Å². The highest BCUT2D eigenvalue weighted by molar-refractivity contribution is 5.98. The van der Waals surface area contributed by atoms with Gasteiger partial charge in [-0.15, -0.1) is 0 Å². The number of benzene rings is 1. The van der Waals surface area contributed by atoms with E-state index in [1.54, 1.807) is 32.9 Å². The smallest absolute Gasteiger partial charge is 0.417 e. The molecule has 19 heavy (non-hydrogen) atoms. The Morgan fingerprint density at radius 3 is 2.37 bits per heavy atom. The fraction of sp³-hybridized carbons (Fsp3) is 0.429. The molecule has 1 atom stereocenters. The normalized spacial score (nSPS) is 19.1. The van der Waals surface area contributed by atoms with Gasteiger partial charge in [0.05, 0.1) is 12.5 Å². The van der Waals surface area contributed by atoms with Crippen molar-refractivity contribution < 1.29 is 18.7 Å². The number of ether oxygens (including phenoxy) is 1. The standard InChI is InChI=1S/C14H16FNO3/c1-14(2,3)19-13(18)16-11(8-12(16)17)9-4-6-10(15)7-5-9/h4-7,11H,8H2,1-3H3/t11-/m1/s1. The van der Waals surface area contributed by atoms with E-state index in [2.05, 4.69) is 0 Å². The summed E-state index contributed by atoms with van der Waals surface area (Å²) in [5.41, 5.74) is 0.0761. The average Bonchev–Trinajstić information content (AvgIpc) is 2.24. The summed E-state index contributed by atoms with van der Waals surface area (Å²) in [6.45, 7) is 5.21. The summed E-state index contributed by atoms with van der Waals surface area (Å²) < 4.78 is 18.0. The second-order valence-corrected chi connectivity index (χ2v) is 5.52. The minimum atomic E-state index is -0.655. The van der Waals surface area contributed by atoms with Crippen molar-refractivity contribution in [3.05, 3.63) is 35.6 Å². The van der Waals surface area contributed by atoms with Crippen molar-refractivity contribution in [3.63, 3.8) is 0 Å². The van der Waals surface area contributed by atoms with Crippen LogP contribution in [0.3, 0.4) is 0 Å². The highest BCUT2D eigenvalue weighted by Gasteiger charge is 2.43. The van der Waals surface area contributed by atoms with Crippen LogP contribution in [0.5, 0.6) is 0 Å². The molecule has 0 N–H and O–H groups in total.